The van der Waals surface area contributed by atoms with E-state index >= 15 is 0 Å². The van der Waals surface area contributed by atoms with Gasteiger partial charge in [-0.3, -0.25) is 9.59 Å². The lowest BCUT2D eigenvalue weighted by Crippen LogP contribution is -2.43. The Morgan fingerprint density at radius 2 is 1.87 bits per heavy atom. The van der Waals surface area contributed by atoms with E-state index in [1.54, 1.807) is 18.2 Å². The van der Waals surface area contributed by atoms with E-state index in [1.807, 2.05) is 0 Å². The Morgan fingerprint density at radius 1 is 1.20 bits per heavy atom. The molecular weight excluding hydrogens is 394 g/mol. The highest BCUT2D eigenvalue weighted by molar-refractivity contribution is 9.26. The fourth-order valence-electron chi connectivity index (χ4n) is 1.29. The Labute approximate surface area is 111 Å². The minimum atomic E-state index is -1.35. The average Bonchev–Trinajstić information content (AvgIpc) is 2.17. The van der Waals surface area contributed by atoms with Crippen molar-refractivity contribution in [2.24, 2.45) is 0 Å². The first-order valence-corrected chi connectivity index (χ1v) is 6.34. The maximum Gasteiger partial charge on any atom is 0.260 e. The third-order valence-electron chi connectivity index (χ3n) is 2.04. The van der Waals surface area contributed by atoms with Crippen molar-refractivity contribution in [1.82, 2.24) is 0 Å². The second-order valence-electron chi connectivity index (χ2n) is 3.05. The van der Waals surface area contributed by atoms with E-state index in [0.717, 1.165) is 4.47 Å². The van der Waals surface area contributed by atoms with Crippen LogP contribution in [0.4, 0.5) is 5.69 Å². The van der Waals surface area contributed by atoms with Crippen LogP contribution in [0.15, 0.2) is 22.7 Å². The van der Waals surface area contributed by atoms with Crippen LogP contribution in [0.3, 0.4) is 0 Å². The van der Waals surface area contributed by atoms with E-state index in [-0.39, 0.29) is 5.78 Å². The Hall–Kier alpha value is -0.200. The number of nitrogens with one attached hydrogen (secondary N) is 1. The molecule has 0 saturated heterocycles. The molecule has 0 radical (unpaired) electrons. The number of hydrogen-bond acceptors (Lipinski definition) is 2. The van der Waals surface area contributed by atoms with Gasteiger partial charge in [0.1, 0.15) is 0 Å². The van der Waals surface area contributed by atoms with E-state index < -0.39 is 9.14 Å². The second kappa shape index (κ2) is 3.68. The number of alkyl halides is 2. The number of carbonyl (C=O) groups is 2. The summed E-state index contributed by atoms with van der Waals surface area (Å²) < 4.78 is -0.560. The third-order valence-corrected chi connectivity index (χ3v) is 3.98. The molecule has 0 aliphatic carbocycles. The van der Waals surface area contributed by atoms with Crippen LogP contribution < -0.4 is 5.32 Å². The molecule has 1 aliphatic heterocycles. The van der Waals surface area contributed by atoms with Crippen molar-refractivity contribution >= 4 is 65.2 Å². The van der Waals surface area contributed by atoms with Crippen molar-refractivity contribution in [3.63, 3.8) is 0 Å². The quantitative estimate of drug-likeness (QED) is 0.540. The maximum absolute atomic E-state index is 11.9. The number of anilines is 1. The molecule has 1 amide bonds. The number of ketones is 1. The van der Waals surface area contributed by atoms with Crippen LogP contribution >= 0.6 is 47.8 Å². The smallest absolute Gasteiger partial charge is 0.260 e. The average molecular weight is 398 g/mol. The van der Waals surface area contributed by atoms with E-state index in [1.165, 1.54) is 0 Å². The zero-order chi connectivity index (χ0) is 11.2. The zero-order valence-corrected chi connectivity index (χ0v) is 11.9. The summed E-state index contributed by atoms with van der Waals surface area (Å²) in [6.45, 7) is 0. The fourth-order valence-corrected chi connectivity index (χ4v) is 2.27. The summed E-state index contributed by atoms with van der Waals surface area (Å²) in [5.41, 5.74) is 1.00. The van der Waals surface area contributed by atoms with Gasteiger partial charge in [0.2, 0.25) is 9.02 Å². The highest BCUT2D eigenvalue weighted by atomic mass is 79.9. The predicted molar refractivity (Wildman–Crippen MR) is 67.7 cm³/mol. The van der Waals surface area contributed by atoms with Crippen molar-refractivity contribution in [2.45, 2.75) is 3.23 Å². The van der Waals surface area contributed by atoms with Crippen LogP contribution in [0.5, 0.6) is 0 Å². The van der Waals surface area contributed by atoms with Crippen molar-refractivity contribution < 1.29 is 9.59 Å². The summed E-state index contributed by atoms with van der Waals surface area (Å²) in [4.78, 5) is 23.5. The van der Waals surface area contributed by atoms with E-state index in [2.05, 4.69) is 53.1 Å². The first-order valence-electron chi connectivity index (χ1n) is 3.96. The van der Waals surface area contributed by atoms with Gasteiger partial charge in [-0.25, -0.2) is 0 Å². The molecule has 6 heteroatoms. The van der Waals surface area contributed by atoms with Crippen LogP contribution in [0.25, 0.3) is 0 Å². The maximum atomic E-state index is 11.9. The van der Waals surface area contributed by atoms with Crippen molar-refractivity contribution in [2.75, 3.05) is 5.32 Å². The van der Waals surface area contributed by atoms with Crippen LogP contribution in [0.2, 0.25) is 0 Å². The highest BCUT2D eigenvalue weighted by Gasteiger charge is 2.45. The van der Waals surface area contributed by atoms with Gasteiger partial charge in [0.25, 0.3) is 5.91 Å². The van der Waals surface area contributed by atoms with Crippen LogP contribution in [0, 0.1) is 0 Å². The molecule has 3 nitrogen and oxygen atoms in total. The number of fused-ring (bicyclic) bond motifs is 1. The normalized spacial score (nSPS) is 18.3. The number of carbonyl (C=O) groups excluding carboxylic acids is 2. The monoisotopic (exact) mass is 395 g/mol. The molecule has 78 valence electrons. The van der Waals surface area contributed by atoms with Gasteiger partial charge in [-0.2, -0.15) is 0 Å². The summed E-state index contributed by atoms with van der Waals surface area (Å²) in [6, 6.07) is 5.13. The van der Waals surface area contributed by atoms with Gasteiger partial charge in [-0.15, -0.1) is 0 Å². The topological polar surface area (TPSA) is 46.2 Å². The van der Waals surface area contributed by atoms with Gasteiger partial charge in [0.15, 0.2) is 0 Å². The van der Waals surface area contributed by atoms with Crippen LogP contribution in [-0.2, 0) is 4.79 Å². The number of hydrogen-bond donors (Lipinski definition) is 1. The summed E-state index contributed by atoms with van der Waals surface area (Å²) in [5.74, 6) is -0.718. The van der Waals surface area contributed by atoms with E-state index in [9.17, 15) is 9.59 Å². The summed E-state index contributed by atoms with van der Waals surface area (Å²) >= 11 is 9.39. The molecule has 1 aliphatic rings. The van der Waals surface area contributed by atoms with Gasteiger partial charge in [0, 0.05) is 10.0 Å². The number of Topliss-reactive ketones (excluding diaryl/α,β-unsaturated/α-hetero) is 1. The lowest BCUT2D eigenvalue weighted by Gasteiger charge is -2.25. The molecule has 1 heterocycles. The zero-order valence-electron chi connectivity index (χ0n) is 7.18. The van der Waals surface area contributed by atoms with Gasteiger partial charge >= 0.3 is 0 Å². The lowest BCUT2D eigenvalue weighted by atomic mass is 10.0. The van der Waals surface area contributed by atoms with Crippen molar-refractivity contribution in [3.8, 4) is 0 Å². The SMILES string of the molecule is O=C1Nc2ccc(Br)cc2C(=O)C1(Br)Br. The summed E-state index contributed by atoms with van der Waals surface area (Å²) in [5, 5.41) is 2.63. The highest BCUT2D eigenvalue weighted by Crippen LogP contribution is 2.38. The molecule has 0 aromatic heterocycles. The minimum Gasteiger partial charge on any atom is -0.323 e. The molecule has 1 N–H and O–H groups in total. The molecule has 0 saturated carbocycles. The summed E-state index contributed by atoms with van der Waals surface area (Å²) in [7, 11) is 0. The molecule has 0 bridgehead atoms. The van der Waals surface area contributed by atoms with Crippen molar-refractivity contribution in [1.29, 1.82) is 0 Å². The number of benzene rings is 1. The van der Waals surface area contributed by atoms with Crippen molar-refractivity contribution in [3.05, 3.63) is 28.2 Å². The number of rotatable bonds is 0. The largest absolute Gasteiger partial charge is 0.323 e. The van der Waals surface area contributed by atoms with E-state index in [0.29, 0.717) is 11.3 Å². The van der Waals surface area contributed by atoms with E-state index in [4.69, 9.17) is 0 Å². The molecule has 0 unspecified atom stereocenters. The van der Waals surface area contributed by atoms with Gasteiger partial charge < -0.3 is 5.32 Å². The Balaban J connectivity index is 2.62. The molecule has 15 heavy (non-hydrogen) atoms. The Kier molecular flexibility index (Phi) is 2.77. The van der Waals surface area contributed by atoms with Crippen LogP contribution in [-0.4, -0.2) is 14.9 Å². The summed E-state index contributed by atoms with van der Waals surface area (Å²) in [6.07, 6.45) is 0. The van der Waals surface area contributed by atoms with Gasteiger partial charge in [0.05, 0.1) is 5.69 Å². The number of amides is 1. The molecule has 1 aromatic carbocycles. The van der Waals surface area contributed by atoms with Gasteiger partial charge in [-0.05, 0) is 18.2 Å². The first-order chi connectivity index (χ1) is 6.93. The number of halogens is 3. The van der Waals surface area contributed by atoms with Crippen LogP contribution in [0.1, 0.15) is 10.4 Å². The molecule has 0 fully saturated rings. The molecule has 0 spiro atoms. The second-order valence-corrected chi connectivity index (χ2v) is 7.41. The lowest BCUT2D eigenvalue weighted by molar-refractivity contribution is -0.115. The standard InChI is InChI=1S/C9H4Br3NO2/c10-4-1-2-6-5(3-4)7(14)9(11,12)8(15)13-6/h1-3H,(H,13,15). The fraction of sp³-hybridized carbons (Fsp3) is 0.111. The Bertz CT molecular complexity index is 470. The predicted octanol–water partition coefficient (Wildman–Crippen LogP) is 3.07. The Morgan fingerprint density at radius 3 is 2.53 bits per heavy atom. The molecular formula is C9H4Br3NO2. The third kappa shape index (κ3) is 1.79. The molecule has 0 atom stereocenters. The molecule has 2 rings (SSSR count). The minimum absolute atomic E-state index is 0.303. The van der Waals surface area contributed by atoms with Gasteiger partial charge in [-0.1, -0.05) is 47.8 Å². The first kappa shape index (κ1) is 11.3. The molecule has 1 aromatic rings.